The number of amides is 2. The lowest BCUT2D eigenvalue weighted by atomic mass is 9.90. The minimum absolute atomic E-state index is 0.0417. The third kappa shape index (κ3) is 3.79. The van der Waals surface area contributed by atoms with Gasteiger partial charge in [-0.05, 0) is 44.2 Å². The zero-order chi connectivity index (χ0) is 18.7. The maximum Gasteiger partial charge on any atom is 0.245 e. The lowest BCUT2D eigenvalue weighted by Gasteiger charge is -2.40. The average Bonchev–Trinajstić information content (AvgIpc) is 2.67. The molecule has 2 saturated heterocycles. The van der Waals surface area contributed by atoms with E-state index in [0.29, 0.717) is 31.6 Å². The normalized spacial score (nSPS) is 23.6. The van der Waals surface area contributed by atoms with Crippen LogP contribution in [-0.2, 0) is 9.59 Å². The molecule has 6 heteroatoms. The Hall–Kier alpha value is -2.24. The highest BCUT2D eigenvalue weighted by Crippen LogP contribution is 2.34. The van der Waals surface area contributed by atoms with Crippen molar-refractivity contribution in [2.24, 2.45) is 5.92 Å². The molecular formula is C20H24F2N2O2. The van der Waals surface area contributed by atoms with Gasteiger partial charge in [0, 0.05) is 31.3 Å². The van der Waals surface area contributed by atoms with E-state index in [1.807, 2.05) is 0 Å². The molecule has 0 bridgehead atoms. The van der Waals surface area contributed by atoms with Crippen LogP contribution in [0, 0.1) is 17.6 Å². The van der Waals surface area contributed by atoms with Gasteiger partial charge in [0.05, 0.1) is 12.0 Å². The maximum absolute atomic E-state index is 14.3. The van der Waals surface area contributed by atoms with Gasteiger partial charge in [-0.2, -0.15) is 0 Å². The lowest BCUT2D eigenvalue weighted by Crippen LogP contribution is -2.48. The minimum atomic E-state index is -0.620. The van der Waals surface area contributed by atoms with Gasteiger partial charge in [-0.25, -0.2) is 8.78 Å². The number of nitrogens with zero attached hydrogens (tertiary/aromatic N) is 2. The number of carbonyl (C=O) groups excluding carboxylic acids is 2. The molecule has 0 aromatic heterocycles. The van der Waals surface area contributed by atoms with Crippen LogP contribution >= 0.6 is 0 Å². The number of benzene rings is 1. The zero-order valence-corrected chi connectivity index (χ0v) is 14.8. The standard InChI is InChI=1S/C20H24F2N2O2/c1-2-19(25)23-10-5-6-14(13-23)20(26)24-11-4-3-7-18(24)16-9-8-15(21)12-17(16)22/h2,8-9,12,14,18H,1,3-7,10-11,13H2. The van der Waals surface area contributed by atoms with E-state index >= 15 is 0 Å². The molecule has 0 aliphatic carbocycles. The van der Waals surface area contributed by atoms with E-state index in [4.69, 9.17) is 0 Å². The highest BCUT2D eigenvalue weighted by Gasteiger charge is 2.36. The third-order valence-electron chi connectivity index (χ3n) is 5.36. The summed E-state index contributed by atoms with van der Waals surface area (Å²) in [6.45, 7) is 5.07. The van der Waals surface area contributed by atoms with Gasteiger partial charge < -0.3 is 9.80 Å². The Labute approximate surface area is 152 Å². The Kier molecular flexibility index (Phi) is 5.69. The molecule has 0 spiro atoms. The van der Waals surface area contributed by atoms with Crippen molar-refractivity contribution in [1.29, 1.82) is 0 Å². The Morgan fingerprint density at radius 2 is 1.92 bits per heavy atom. The average molecular weight is 362 g/mol. The van der Waals surface area contributed by atoms with Crippen molar-refractivity contribution in [3.05, 3.63) is 48.1 Å². The van der Waals surface area contributed by atoms with E-state index in [0.717, 1.165) is 31.7 Å². The van der Waals surface area contributed by atoms with Crippen molar-refractivity contribution in [3.63, 3.8) is 0 Å². The second-order valence-corrected chi connectivity index (χ2v) is 7.04. The largest absolute Gasteiger partial charge is 0.338 e. The van der Waals surface area contributed by atoms with Crippen molar-refractivity contribution in [2.75, 3.05) is 19.6 Å². The van der Waals surface area contributed by atoms with Crippen molar-refractivity contribution < 1.29 is 18.4 Å². The quantitative estimate of drug-likeness (QED) is 0.773. The summed E-state index contributed by atoms with van der Waals surface area (Å²) in [6, 6.07) is 3.18. The predicted octanol–water partition coefficient (Wildman–Crippen LogP) is 3.44. The van der Waals surface area contributed by atoms with E-state index in [-0.39, 0.29) is 23.8 Å². The van der Waals surface area contributed by atoms with Gasteiger partial charge in [0.25, 0.3) is 0 Å². The number of likely N-dealkylation sites (tertiary alicyclic amines) is 2. The van der Waals surface area contributed by atoms with E-state index in [1.165, 1.54) is 18.2 Å². The van der Waals surface area contributed by atoms with Crippen molar-refractivity contribution in [2.45, 2.75) is 38.1 Å². The molecule has 1 aromatic rings. The Bertz CT molecular complexity index is 707. The van der Waals surface area contributed by atoms with Gasteiger partial charge >= 0.3 is 0 Å². The van der Waals surface area contributed by atoms with Crippen LogP contribution in [0.15, 0.2) is 30.9 Å². The highest BCUT2D eigenvalue weighted by atomic mass is 19.1. The van der Waals surface area contributed by atoms with Gasteiger partial charge in [0.15, 0.2) is 0 Å². The van der Waals surface area contributed by atoms with Crippen LogP contribution in [0.4, 0.5) is 8.78 Å². The van der Waals surface area contributed by atoms with Crippen LogP contribution in [0.1, 0.15) is 43.7 Å². The molecule has 1 aromatic carbocycles. The molecule has 0 N–H and O–H groups in total. The van der Waals surface area contributed by atoms with Crippen LogP contribution in [0.3, 0.4) is 0 Å². The van der Waals surface area contributed by atoms with Crippen LogP contribution in [0.25, 0.3) is 0 Å². The number of hydrogen-bond acceptors (Lipinski definition) is 2. The van der Waals surface area contributed by atoms with Crippen LogP contribution < -0.4 is 0 Å². The van der Waals surface area contributed by atoms with Crippen molar-refractivity contribution in [3.8, 4) is 0 Å². The van der Waals surface area contributed by atoms with Gasteiger partial charge in [-0.15, -0.1) is 0 Å². The van der Waals surface area contributed by atoms with E-state index in [9.17, 15) is 18.4 Å². The molecule has 2 fully saturated rings. The van der Waals surface area contributed by atoms with E-state index < -0.39 is 11.6 Å². The summed E-state index contributed by atoms with van der Waals surface area (Å²) in [5, 5.41) is 0. The third-order valence-corrected chi connectivity index (χ3v) is 5.36. The molecule has 2 atom stereocenters. The zero-order valence-electron chi connectivity index (χ0n) is 14.8. The van der Waals surface area contributed by atoms with Crippen molar-refractivity contribution >= 4 is 11.8 Å². The fraction of sp³-hybridized carbons (Fsp3) is 0.500. The number of rotatable bonds is 3. The van der Waals surface area contributed by atoms with Gasteiger partial charge in [-0.1, -0.05) is 12.6 Å². The van der Waals surface area contributed by atoms with Gasteiger partial charge in [0.2, 0.25) is 11.8 Å². The van der Waals surface area contributed by atoms with Gasteiger partial charge in [-0.3, -0.25) is 9.59 Å². The number of carbonyl (C=O) groups is 2. The van der Waals surface area contributed by atoms with Crippen LogP contribution in [0.2, 0.25) is 0 Å². The summed E-state index contributed by atoms with van der Waals surface area (Å²) >= 11 is 0. The molecule has 0 saturated carbocycles. The van der Waals surface area contributed by atoms with Gasteiger partial charge in [0.1, 0.15) is 11.6 Å². The fourth-order valence-electron chi connectivity index (χ4n) is 4.03. The molecule has 2 amide bonds. The van der Waals surface area contributed by atoms with E-state index in [1.54, 1.807) is 9.80 Å². The van der Waals surface area contributed by atoms with Crippen LogP contribution in [0.5, 0.6) is 0 Å². The summed E-state index contributed by atoms with van der Waals surface area (Å²) in [5.74, 6) is -1.72. The van der Waals surface area contributed by atoms with E-state index in [2.05, 4.69) is 6.58 Å². The summed E-state index contributed by atoms with van der Waals surface area (Å²) < 4.78 is 27.5. The first-order chi connectivity index (χ1) is 12.5. The Morgan fingerprint density at radius 1 is 1.12 bits per heavy atom. The second kappa shape index (κ2) is 7.98. The van der Waals surface area contributed by atoms with Crippen molar-refractivity contribution in [1.82, 2.24) is 9.80 Å². The molecule has 2 heterocycles. The Balaban J connectivity index is 1.79. The maximum atomic E-state index is 14.3. The first-order valence-electron chi connectivity index (χ1n) is 9.18. The molecule has 2 aliphatic heterocycles. The first kappa shape index (κ1) is 18.5. The molecule has 140 valence electrons. The monoisotopic (exact) mass is 362 g/mol. The Morgan fingerprint density at radius 3 is 2.65 bits per heavy atom. The summed E-state index contributed by atoms with van der Waals surface area (Å²) in [6.07, 6.45) is 5.18. The summed E-state index contributed by atoms with van der Waals surface area (Å²) in [5.41, 5.74) is 0.370. The highest BCUT2D eigenvalue weighted by molar-refractivity contribution is 5.88. The predicted molar refractivity (Wildman–Crippen MR) is 94.2 cm³/mol. The topological polar surface area (TPSA) is 40.6 Å². The molecular weight excluding hydrogens is 338 g/mol. The molecule has 3 rings (SSSR count). The van der Waals surface area contributed by atoms with Crippen LogP contribution in [-0.4, -0.2) is 41.2 Å². The number of piperidine rings is 2. The second-order valence-electron chi connectivity index (χ2n) is 7.04. The molecule has 0 radical (unpaired) electrons. The molecule has 4 nitrogen and oxygen atoms in total. The summed E-state index contributed by atoms with van der Waals surface area (Å²) in [4.78, 5) is 28.4. The smallest absolute Gasteiger partial charge is 0.245 e. The molecule has 2 aliphatic rings. The fourth-order valence-corrected chi connectivity index (χ4v) is 4.03. The number of hydrogen-bond donors (Lipinski definition) is 0. The minimum Gasteiger partial charge on any atom is -0.338 e. The molecule has 2 unspecified atom stereocenters. The lowest BCUT2D eigenvalue weighted by molar-refractivity contribution is -0.143. The SMILES string of the molecule is C=CC(=O)N1CCCC(C(=O)N2CCCCC2c2ccc(F)cc2F)C1. The summed E-state index contributed by atoms with van der Waals surface area (Å²) in [7, 11) is 0. The number of halogens is 2. The first-order valence-corrected chi connectivity index (χ1v) is 9.18. The molecule has 26 heavy (non-hydrogen) atoms.